The minimum atomic E-state index is -1.15. The summed E-state index contributed by atoms with van der Waals surface area (Å²) in [4.78, 5) is 20.5. The van der Waals surface area contributed by atoms with E-state index in [9.17, 15) is 9.90 Å². The van der Waals surface area contributed by atoms with Crippen LogP contribution in [0.1, 0.15) is 31.5 Å². The molecule has 32 heavy (non-hydrogen) atoms. The molecule has 0 saturated heterocycles. The number of rotatable bonds is 3. The Morgan fingerprint density at radius 2 is 1.97 bits per heavy atom. The fourth-order valence-electron chi connectivity index (χ4n) is 3.48. The van der Waals surface area contributed by atoms with Crippen LogP contribution in [0.3, 0.4) is 0 Å². The number of carboxylic acid groups (broad SMARTS) is 1. The van der Waals surface area contributed by atoms with Crippen LogP contribution in [0, 0.1) is 13.3 Å². The van der Waals surface area contributed by atoms with Crippen LogP contribution in [0.2, 0.25) is 0 Å². The van der Waals surface area contributed by atoms with Crippen LogP contribution in [-0.2, 0) is 0 Å². The molecule has 0 bridgehead atoms. The molecule has 2 aliphatic carbocycles. The zero-order chi connectivity index (χ0) is 21.1. The van der Waals surface area contributed by atoms with Gasteiger partial charge in [0.2, 0.25) is 0 Å². The van der Waals surface area contributed by atoms with Gasteiger partial charge in [0.05, 0.1) is 11.2 Å². The van der Waals surface area contributed by atoms with Crippen molar-refractivity contribution in [3.8, 4) is 0 Å². The first-order chi connectivity index (χ1) is 14.5. The van der Waals surface area contributed by atoms with E-state index >= 15 is 0 Å². The summed E-state index contributed by atoms with van der Waals surface area (Å²) in [6, 6.07) is 3.70. The summed E-state index contributed by atoms with van der Waals surface area (Å²) in [5.41, 5.74) is 5.45. The number of allylic oxidation sites excluding steroid dienone is 12. The molecule has 4 rings (SSSR count). The van der Waals surface area contributed by atoms with E-state index in [4.69, 9.17) is 0 Å². The van der Waals surface area contributed by atoms with E-state index < -0.39 is 6.09 Å². The molecule has 0 saturated carbocycles. The molecule has 1 radical (unpaired) electrons. The summed E-state index contributed by atoms with van der Waals surface area (Å²) < 4.78 is 0. The van der Waals surface area contributed by atoms with E-state index in [1.54, 1.807) is 12.3 Å². The number of hydrogen-bond donors (Lipinski definition) is 2. The van der Waals surface area contributed by atoms with Gasteiger partial charge >= 0.3 is 6.09 Å². The molecule has 2 N–H and O–H groups in total. The molecule has 5 nitrogen and oxygen atoms in total. The van der Waals surface area contributed by atoms with Gasteiger partial charge in [-0.15, -0.1) is 12.2 Å². The van der Waals surface area contributed by atoms with E-state index in [1.165, 1.54) is 5.57 Å². The maximum atomic E-state index is 11.3. The first-order valence-electron chi connectivity index (χ1n) is 9.76. The van der Waals surface area contributed by atoms with E-state index in [0.717, 1.165) is 34.4 Å². The summed E-state index contributed by atoms with van der Waals surface area (Å²) >= 11 is 0. The van der Waals surface area contributed by atoms with E-state index in [1.807, 2.05) is 43.4 Å². The molecule has 0 spiro atoms. The molecule has 0 fully saturated rings. The van der Waals surface area contributed by atoms with Crippen LogP contribution in [0.15, 0.2) is 78.6 Å². The number of hydrogen-bond acceptors (Lipinski definition) is 3. The van der Waals surface area contributed by atoms with E-state index in [2.05, 4.69) is 46.5 Å². The Hall–Kier alpha value is -4.86. The number of carbonyl (C=O) groups is 1. The quantitative estimate of drug-likeness (QED) is 0.362. The van der Waals surface area contributed by atoms with Crippen molar-refractivity contribution in [2.45, 2.75) is 20.3 Å². The van der Waals surface area contributed by atoms with Crippen LogP contribution in [0.25, 0.3) is 22.0 Å². The Labute approximate surface area is 182 Å². The van der Waals surface area contributed by atoms with Crippen molar-refractivity contribution >= 4 is 34.0 Å². The van der Waals surface area contributed by atoms with Gasteiger partial charge in [-0.05, 0) is 36.6 Å². The Kier molecular flexibility index (Phi) is 7.14. The molecule has 0 unspecified atom stereocenters. The van der Waals surface area contributed by atoms with Gasteiger partial charge in [0.1, 0.15) is 5.82 Å². The molecule has 2 aliphatic rings. The van der Waals surface area contributed by atoms with Gasteiger partial charge in [-0.25, -0.2) is 9.78 Å². The minimum absolute atomic E-state index is 0. The van der Waals surface area contributed by atoms with Crippen molar-refractivity contribution in [2.24, 2.45) is 0 Å². The number of nitrogens with zero attached hydrogens (tertiary/aromatic N) is 2. The second-order valence-corrected chi connectivity index (χ2v) is 7.34. The Balaban J connectivity index is 0.00000181. The van der Waals surface area contributed by atoms with Gasteiger partial charge in [0.25, 0.3) is 0 Å². The van der Waals surface area contributed by atoms with Crippen molar-refractivity contribution in [1.82, 2.24) is 9.97 Å². The molecule has 0 aromatic carbocycles. The summed E-state index contributed by atoms with van der Waals surface area (Å²) in [7, 11) is 0. The summed E-state index contributed by atoms with van der Waals surface area (Å²) in [6.45, 7) is 4.12. The number of nitrogens with one attached hydrogen (secondary N) is 1. The van der Waals surface area contributed by atoms with Crippen molar-refractivity contribution in [3.63, 3.8) is 0 Å². The number of amides is 1. The fourth-order valence-corrected chi connectivity index (χ4v) is 3.48. The first kappa shape index (κ1) is 23.4. The van der Waals surface area contributed by atoms with Gasteiger partial charge in [0.15, 0.2) is 0 Å². The number of fused-ring (bicyclic) bond motifs is 1. The molecule has 173 valence electrons. The smallest absolute Gasteiger partial charge is 0.410 e. The van der Waals surface area contributed by atoms with Gasteiger partial charge in [-0.2, -0.15) is 24.1 Å². The van der Waals surface area contributed by atoms with Crippen molar-refractivity contribution in [1.29, 1.82) is 0 Å². The van der Waals surface area contributed by atoms with E-state index in [0.29, 0.717) is 11.2 Å². The van der Waals surface area contributed by atoms with Gasteiger partial charge in [-0.1, -0.05) is 42.4 Å². The summed E-state index contributed by atoms with van der Waals surface area (Å²) in [5.74, 6) is 1.41. The fraction of sp³-hybridized carbons (Fsp3) is 0.115. The van der Waals surface area contributed by atoms with Crippen LogP contribution < -0.4 is 5.32 Å². The van der Waals surface area contributed by atoms with Crippen LogP contribution >= 0.6 is 0 Å². The SMILES string of the molecule is CC1=CC=C(c2cc(NC(=O)O)nc3c(C4=CC=C[C-](C)C=C4)nccc23)C=CC1.[CH3-].[Lr]. The molecule has 0 atom stereocenters. The zero-order valence-corrected chi connectivity index (χ0v) is 20.3. The maximum Gasteiger partial charge on any atom is 0.410 e. The predicted octanol–water partition coefficient (Wildman–Crippen LogP) is 6.56. The third kappa shape index (κ3) is 4.82. The Morgan fingerprint density at radius 3 is 2.75 bits per heavy atom. The van der Waals surface area contributed by atoms with Gasteiger partial charge < -0.3 is 12.5 Å². The monoisotopic (exact) mass is 673 g/mol. The maximum absolute atomic E-state index is 11.3. The molecule has 2 aromatic heterocycles. The summed E-state index contributed by atoms with van der Waals surface area (Å²) in [6.07, 6.45) is 19.9. The predicted molar refractivity (Wildman–Crippen MR) is 128 cm³/mol. The van der Waals surface area contributed by atoms with Crippen LogP contribution in [0.4, 0.5) is 10.6 Å². The molecule has 0 aliphatic heterocycles. The van der Waals surface area contributed by atoms with Crippen molar-refractivity contribution in [3.05, 3.63) is 103 Å². The van der Waals surface area contributed by atoms with Crippen molar-refractivity contribution in [2.75, 3.05) is 5.32 Å². The minimum Gasteiger partial charge on any atom is -0.465 e. The molecule has 2 heterocycles. The first-order valence-corrected chi connectivity index (χ1v) is 9.76. The number of anilines is 1. The Bertz CT molecular complexity index is 1200. The normalized spacial score (nSPS) is 14.9. The largest absolute Gasteiger partial charge is 0.465 e. The molecule has 1 amide bonds. The summed E-state index contributed by atoms with van der Waals surface area (Å²) in [5, 5.41) is 12.6. The van der Waals surface area contributed by atoms with Crippen LogP contribution in [0.5, 0.6) is 0 Å². The van der Waals surface area contributed by atoms with Gasteiger partial charge in [0, 0.05) is 11.6 Å². The van der Waals surface area contributed by atoms with Gasteiger partial charge in [-0.3, -0.25) is 10.3 Å². The number of pyridine rings is 2. The third-order valence-corrected chi connectivity index (χ3v) is 4.99. The third-order valence-electron chi connectivity index (χ3n) is 4.99. The van der Waals surface area contributed by atoms with E-state index in [-0.39, 0.29) is 13.2 Å². The molecular formula is C26H25LrN3O2-2. The molecule has 6 heteroatoms. The molecule has 2 aromatic rings. The van der Waals surface area contributed by atoms with Crippen LogP contribution in [-0.4, -0.2) is 21.2 Å². The van der Waals surface area contributed by atoms with Crippen molar-refractivity contribution < 1.29 is 9.90 Å². The average Bonchev–Trinajstić information content (AvgIpc) is 3.06. The topological polar surface area (TPSA) is 75.1 Å². The molecular weight excluding hydrogens is 648 g/mol. The Morgan fingerprint density at radius 1 is 1.16 bits per heavy atom. The number of aromatic nitrogens is 2. The second kappa shape index (κ2) is 9.76. The standard InChI is InChI=1S/C25H22N3O2.CH3.Lr/c1-16-5-3-7-18(11-9-16)21-15-22(28-25(29)30)27-24-20(21)13-14-26-23(24)19-8-4-6-17(2)10-12-19;;/h3-4,6-15H,5H2,1-2H3,(H,27,28)(H,29,30);1H3;/q2*-1;. The average molecular weight is 674 g/mol. The second-order valence-electron chi connectivity index (χ2n) is 7.34. The zero-order valence-electron chi connectivity index (χ0n) is 18.1.